The Hall–Kier alpha value is -5.28. The van der Waals surface area contributed by atoms with Gasteiger partial charge in [-0.3, -0.25) is 14.6 Å². The Bertz CT molecular complexity index is 2040. The van der Waals surface area contributed by atoms with Gasteiger partial charge >= 0.3 is 5.97 Å². The number of nitrogens with zero attached hydrogens (tertiary/aromatic N) is 8. The van der Waals surface area contributed by atoms with E-state index in [4.69, 9.17) is 24.3 Å². The van der Waals surface area contributed by atoms with Gasteiger partial charge in [0.25, 0.3) is 5.91 Å². The second-order valence-electron chi connectivity index (χ2n) is 12.7. The van der Waals surface area contributed by atoms with E-state index in [1.807, 2.05) is 37.5 Å². The van der Waals surface area contributed by atoms with E-state index in [1.54, 1.807) is 34.9 Å². The van der Waals surface area contributed by atoms with Gasteiger partial charge in [-0.05, 0) is 38.6 Å². The van der Waals surface area contributed by atoms with Crippen LogP contribution in [-0.2, 0) is 9.53 Å². The minimum atomic E-state index is -0.327. The van der Waals surface area contributed by atoms with Crippen molar-refractivity contribution in [3.63, 3.8) is 0 Å². The van der Waals surface area contributed by atoms with Crippen molar-refractivity contribution in [2.75, 3.05) is 71.9 Å². The van der Waals surface area contributed by atoms with E-state index in [-0.39, 0.29) is 29.6 Å². The SMILES string of the molecule is COc1cc2c(cc1-n1nc(C(=O)NCCN3CC[C@H](C(=O)O[C@@H]4CCN(C)C4)C3)c3cnc(-c4cnn5cccnc45)cc31)OCCN2. The summed E-state index contributed by atoms with van der Waals surface area (Å²) in [4.78, 5) is 40.1. The Balaban J connectivity index is 1.05. The third-order valence-electron chi connectivity index (χ3n) is 9.47. The van der Waals surface area contributed by atoms with Crippen molar-refractivity contribution in [2.24, 2.45) is 5.92 Å². The number of likely N-dealkylation sites (tertiary alicyclic amines) is 2. The van der Waals surface area contributed by atoms with Crippen LogP contribution in [0, 0.1) is 5.92 Å². The Kier molecular flexibility index (Phi) is 8.21. The second-order valence-corrected chi connectivity index (χ2v) is 12.7. The maximum atomic E-state index is 13.7. The summed E-state index contributed by atoms with van der Waals surface area (Å²) in [5.41, 5.74) is 4.36. The zero-order chi connectivity index (χ0) is 33.5. The van der Waals surface area contributed by atoms with Crippen molar-refractivity contribution in [3.8, 4) is 28.4 Å². The molecule has 15 nitrogen and oxygen atoms in total. The molecule has 3 aliphatic heterocycles. The summed E-state index contributed by atoms with van der Waals surface area (Å²) < 4.78 is 20.9. The molecular weight excluding hydrogens is 628 g/mol. The number of methoxy groups -OCH3 is 1. The first-order chi connectivity index (χ1) is 23.9. The van der Waals surface area contributed by atoms with Crippen LogP contribution in [0.15, 0.2) is 49.1 Å². The van der Waals surface area contributed by atoms with Gasteiger partial charge in [0.05, 0.1) is 47.1 Å². The molecule has 1 amide bonds. The molecule has 49 heavy (non-hydrogen) atoms. The smallest absolute Gasteiger partial charge is 0.310 e. The van der Waals surface area contributed by atoms with Crippen molar-refractivity contribution < 1.29 is 23.8 Å². The number of carbonyl (C=O) groups is 2. The van der Waals surface area contributed by atoms with E-state index in [2.05, 4.69) is 30.5 Å². The van der Waals surface area contributed by atoms with Crippen LogP contribution in [0.25, 0.3) is 33.5 Å². The average molecular weight is 667 g/mol. The second kappa shape index (κ2) is 13.0. The number of aromatic nitrogens is 6. The molecule has 8 rings (SSSR count). The number of rotatable bonds is 9. The van der Waals surface area contributed by atoms with E-state index < -0.39 is 0 Å². The molecule has 7 heterocycles. The Morgan fingerprint density at radius 3 is 2.90 bits per heavy atom. The Labute approximate surface area is 282 Å². The number of esters is 1. The summed E-state index contributed by atoms with van der Waals surface area (Å²) >= 11 is 0. The number of carbonyl (C=O) groups excluding carboxylic acids is 2. The molecule has 4 aromatic heterocycles. The monoisotopic (exact) mass is 666 g/mol. The number of hydrogen-bond donors (Lipinski definition) is 2. The maximum absolute atomic E-state index is 13.7. The first-order valence-electron chi connectivity index (χ1n) is 16.6. The van der Waals surface area contributed by atoms with E-state index in [1.165, 1.54) is 0 Å². The van der Waals surface area contributed by atoms with E-state index >= 15 is 0 Å². The number of ether oxygens (including phenoxy) is 3. The van der Waals surface area contributed by atoms with Crippen LogP contribution < -0.4 is 20.1 Å². The molecule has 0 spiro atoms. The van der Waals surface area contributed by atoms with Gasteiger partial charge < -0.3 is 34.6 Å². The van der Waals surface area contributed by atoms with Crippen molar-refractivity contribution in [3.05, 3.63) is 54.7 Å². The molecule has 254 valence electrons. The van der Waals surface area contributed by atoms with Crippen molar-refractivity contribution in [2.45, 2.75) is 18.9 Å². The molecule has 3 aliphatic rings. The van der Waals surface area contributed by atoms with Crippen molar-refractivity contribution in [1.82, 2.24) is 44.5 Å². The summed E-state index contributed by atoms with van der Waals surface area (Å²) in [6.45, 7) is 5.35. The molecule has 2 N–H and O–H groups in total. The quantitative estimate of drug-likeness (QED) is 0.222. The minimum absolute atomic E-state index is 0.0206. The molecule has 0 aliphatic carbocycles. The molecule has 0 bridgehead atoms. The number of anilines is 1. The zero-order valence-electron chi connectivity index (χ0n) is 27.5. The predicted octanol–water partition coefficient (Wildman–Crippen LogP) is 2.24. The Morgan fingerprint density at radius 1 is 1.12 bits per heavy atom. The van der Waals surface area contributed by atoms with Crippen molar-refractivity contribution >= 4 is 34.1 Å². The highest BCUT2D eigenvalue weighted by Crippen LogP contribution is 2.38. The minimum Gasteiger partial charge on any atom is -0.494 e. The Morgan fingerprint density at radius 2 is 2.04 bits per heavy atom. The normalized spacial score (nSPS) is 19.5. The largest absolute Gasteiger partial charge is 0.494 e. The summed E-state index contributed by atoms with van der Waals surface area (Å²) in [5, 5.41) is 16.2. The molecule has 0 saturated carbocycles. The first-order valence-corrected chi connectivity index (χ1v) is 16.6. The molecule has 2 atom stereocenters. The van der Waals surface area contributed by atoms with Gasteiger partial charge in [-0.1, -0.05) is 0 Å². The molecule has 1 aromatic carbocycles. The molecule has 0 unspecified atom stereocenters. The van der Waals surface area contributed by atoms with Crippen LogP contribution in [0.1, 0.15) is 23.3 Å². The number of fused-ring (bicyclic) bond motifs is 3. The fourth-order valence-corrected chi connectivity index (χ4v) is 6.89. The van der Waals surface area contributed by atoms with Gasteiger partial charge in [0, 0.05) is 70.0 Å². The summed E-state index contributed by atoms with van der Waals surface area (Å²) in [6.07, 6.45) is 8.54. The molecule has 0 radical (unpaired) electrons. The van der Waals surface area contributed by atoms with Crippen molar-refractivity contribution in [1.29, 1.82) is 0 Å². The summed E-state index contributed by atoms with van der Waals surface area (Å²) in [5.74, 6) is 0.642. The third-order valence-corrected chi connectivity index (χ3v) is 9.47. The van der Waals surface area contributed by atoms with Crippen LogP contribution in [0.2, 0.25) is 0 Å². The third kappa shape index (κ3) is 5.99. The maximum Gasteiger partial charge on any atom is 0.310 e. The lowest BCUT2D eigenvalue weighted by Crippen LogP contribution is -2.35. The van der Waals surface area contributed by atoms with Gasteiger partial charge in [0.15, 0.2) is 11.3 Å². The van der Waals surface area contributed by atoms with Gasteiger partial charge in [-0.2, -0.15) is 10.2 Å². The highest BCUT2D eigenvalue weighted by molar-refractivity contribution is 6.05. The van der Waals surface area contributed by atoms with E-state index in [0.717, 1.165) is 43.7 Å². The fraction of sp³-hybridized carbons (Fsp3) is 0.412. The number of hydrogen-bond acceptors (Lipinski definition) is 12. The number of likely N-dealkylation sites (N-methyl/N-ethyl adjacent to an activating group) is 1. The van der Waals surface area contributed by atoms with Crippen LogP contribution in [-0.4, -0.2) is 124 Å². The number of nitrogens with one attached hydrogen (secondary N) is 2. The number of amides is 1. The predicted molar refractivity (Wildman–Crippen MR) is 180 cm³/mol. The van der Waals surface area contributed by atoms with E-state index in [9.17, 15) is 9.59 Å². The van der Waals surface area contributed by atoms with Gasteiger partial charge in [0.1, 0.15) is 29.9 Å². The van der Waals surface area contributed by atoms with Crippen LogP contribution in [0.5, 0.6) is 11.5 Å². The molecular formula is C34H38N10O5. The van der Waals surface area contributed by atoms with Gasteiger partial charge in [-0.15, -0.1) is 0 Å². The topological polar surface area (TPSA) is 153 Å². The fourth-order valence-electron chi connectivity index (χ4n) is 6.89. The molecule has 5 aromatic rings. The summed E-state index contributed by atoms with van der Waals surface area (Å²) in [6, 6.07) is 7.44. The van der Waals surface area contributed by atoms with Crippen LogP contribution >= 0.6 is 0 Å². The standard InChI is InChI=1S/C34H38N10O5/c1-41-10-5-22(20-41)49-34(46)21-4-11-42(19-21)12-7-37-33(45)31-24-17-38-25(23-18-39-43-9-3-6-36-32(23)43)14-27(24)44(40-31)28-16-29-26(15-30(28)47-2)35-8-13-48-29/h3,6,9,14-18,21-22,35H,4-5,7-8,10-13,19-20H2,1-2H3,(H,37,45)/t21-,22+/m0/s1. The van der Waals surface area contributed by atoms with Crippen LogP contribution in [0.3, 0.4) is 0 Å². The lowest BCUT2D eigenvalue weighted by molar-refractivity contribution is -0.152. The van der Waals surface area contributed by atoms with Crippen LogP contribution in [0.4, 0.5) is 5.69 Å². The number of pyridine rings is 1. The lowest BCUT2D eigenvalue weighted by atomic mass is 10.1. The molecule has 2 saturated heterocycles. The molecule has 15 heteroatoms. The van der Waals surface area contributed by atoms with Gasteiger partial charge in [0.2, 0.25) is 0 Å². The van der Waals surface area contributed by atoms with E-state index in [0.29, 0.717) is 72.2 Å². The molecule has 2 fully saturated rings. The highest BCUT2D eigenvalue weighted by atomic mass is 16.5. The zero-order valence-corrected chi connectivity index (χ0v) is 27.5. The average Bonchev–Trinajstić information content (AvgIpc) is 3.93. The lowest BCUT2D eigenvalue weighted by Gasteiger charge is -2.21. The summed E-state index contributed by atoms with van der Waals surface area (Å²) in [7, 11) is 3.64. The van der Waals surface area contributed by atoms with Gasteiger partial charge in [-0.25, -0.2) is 14.2 Å². The highest BCUT2D eigenvalue weighted by Gasteiger charge is 2.32. The number of benzene rings is 1. The first kappa shape index (κ1) is 31.0.